The second-order valence-corrected chi connectivity index (χ2v) is 8.67. The number of hydrogen-bond acceptors (Lipinski definition) is 6. The Labute approximate surface area is 217 Å². The lowest BCUT2D eigenvalue weighted by Gasteiger charge is -2.20. The number of halogens is 5. The van der Waals surface area contributed by atoms with Crippen molar-refractivity contribution in [2.45, 2.75) is 13.0 Å². The average Bonchev–Trinajstić information content (AvgIpc) is 3.07. The van der Waals surface area contributed by atoms with Crippen molar-refractivity contribution in [3.8, 4) is 0 Å². The number of carbonyl (C=O) groups excluding carboxylic acids is 5. The fourth-order valence-electron chi connectivity index (χ4n) is 2.96. The minimum atomic E-state index is -1.46. The molecule has 0 fully saturated rings. The number of hydrogen-bond donors (Lipinski definition) is 2. The molecule has 34 heavy (non-hydrogen) atoms. The van der Waals surface area contributed by atoms with Crippen LogP contribution in [0.25, 0.3) is 0 Å². The van der Waals surface area contributed by atoms with Gasteiger partial charge >= 0.3 is 5.97 Å². The van der Waals surface area contributed by atoms with Crippen molar-refractivity contribution in [1.29, 1.82) is 0 Å². The largest absolute Gasteiger partial charge is 0.454 e. The molecule has 0 bridgehead atoms. The van der Waals surface area contributed by atoms with Crippen LogP contribution in [-0.2, 0) is 14.3 Å². The Bertz CT molecular complexity index is 1200. The molecule has 14 heteroatoms. The van der Waals surface area contributed by atoms with Gasteiger partial charge in [-0.25, -0.2) is 4.79 Å². The van der Waals surface area contributed by atoms with Crippen LogP contribution in [0.15, 0.2) is 24.3 Å². The maximum absolute atomic E-state index is 12.8. The van der Waals surface area contributed by atoms with Crippen molar-refractivity contribution in [1.82, 2.24) is 15.8 Å². The first-order chi connectivity index (χ1) is 16.0. The molecule has 1 aliphatic rings. The van der Waals surface area contributed by atoms with Gasteiger partial charge in [-0.15, -0.1) is 0 Å². The summed E-state index contributed by atoms with van der Waals surface area (Å²) in [5, 5.41) is -0.859. The first kappa shape index (κ1) is 26.1. The van der Waals surface area contributed by atoms with E-state index < -0.39 is 42.2 Å². The molecule has 4 amide bonds. The molecule has 0 aromatic heterocycles. The van der Waals surface area contributed by atoms with Crippen LogP contribution < -0.4 is 10.9 Å². The van der Waals surface area contributed by atoms with Gasteiger partial charge in [-0.3, -0.25) is 34.9 Å². The van der Waals surface area contributed by atoms with Gasteiger partial charge < -0.3 is 4.74 Å². The number of carbonyl (C=O) groups is 5. The standard InChI is InChI=1S/C20H12Cl5N3O6/c1-7(28-18(31)11-12(19(28)32)14(23)16(25)15(24)13(11)22)20(33)34-6-10(29)26-27-17(30)8-4-2-3-5-9(8)21/h2-5,7H,6H2,1H3,(H,26,29)(H,27,30)/t7-/m1/s1. The first-order valence-electron chi connectivity index (χ1n) is 9.21. The van der Waals surface area contributed by atoms with Gasteiger partial charge in [-0.05, 0) is 19.1 Å². The Balaban J connectivity index is 1.62. The van der Waals surface area contributed by atoms with Crippen LogP contribution in [-0.4, -0.2) is 47.1 Å². The summed E-state index contributed by atoms with van der Waals surface area (Å²) in [6.07, 6.45) is 0. The van der Waals surface area contributed by atoms with E-state index in [1.807, 2.05) is 5.43 Å². The summed E-state index contributed by atoms with van der Waals surface area (Å²) < 4.78 is 4.85. The van der Waals surface area contributed by atoms with Crippen LogP contribution in [0.2, 0.25) is 25.1 Å². The number of benzene rings is 2. The summed E-state index contributed by atoms with van der Waals surface area (Å²) >= 11 is 29.9. The van der Waals surface area contributed by atoms with E-state index in [0.717, 1.165) is 0 Å². The van der Waals surface area contributed by atoms with Gasteiger partial charge in [-0.2, -0.15) is 0 Å². The van der Waals surface area contributed by atoms with Crippen molar-refractivity contribution >= 4 is 87.6 Å². The van der Waals surface area contributed by atoms with E-state index >= 15 is 0 Å². The number of hydrazine groups is 1. The Morgan fingerprint density at radius 1 is 0.882 bits per heavy atom. The first-order valence-corrected chi connectivity index (χ1v) is 11.1. The SMILES string of the molecule is C[C@H](C(=O)OCC(=O)NNC(=O)c1ccccc1Cl)N1C(=O)c2c(Cl)c(Cl)c(Cl)c(Cl)c2C1=O. The fourth-order valence-corrected chi connectivity index (χ4v) is 4.19. The Hall–Kier alpha value is -2.56. The van der Waals surface area contributed by atoms with E-state index in [1.165, 1.54) is 19.1 Å². The summed E-state index contributed by atoms with van der Waals surface area (Å²) in [7, 11) is 0. The molecule has 1 heterocycles. The third-order valence-electron chi connectivity index (χ3n) is 4.64. The highest BCUT2D eigenvalue weighted by molar-refractivity contribution is 6.55. The maximum atomic E-state index is 12.8. The van der Waals surface area contributed by atoms with Crippen LogP contribution in [0, 0.1) is 0 Å². The molecule has 0 saturated heterocycles. The van der Waals surface area contributed by atoms with Crippen molar-refractivity contribution in [3.63, 3.8) is 0 Å². The summed E-state index contributed by atoms with van der Waals surface area (Å²) in [4.78, 5) is 62.5. The monoisotopic (exact) mass is 565 g/mol. The van der Waals surface area contributed by atoms with E-state index in [1.54, 1.807) is 12.1 Å². The Morgan fingerprint density at radius 2 is 1.41 bits per heavy atom. The van der Waals surface area contributed by atoms with Gasteiger partial charge in [0.25, 0.3) is 23.6 Å². The quantitative estimate of drug-likeness (QED) is 0.186. The van der Waals surface area contributed by atoms with Gasteiger partial charge in [0, 0.05) is 0 Å². The lowest BCUT2D eigenvalue weighted by Crippen LogP contribution is -2.46. The summed E-state index contributed by atoms with van der Waals surface area (Å²) in [5.41, 5.74) is 3.66. The number of imide groups is 1. The predicted molar refractivity (Wildman–Crippen MR) is 124 cm³/mol. The van der Waals surface area contributed by atoms with Crippen LogP contribution in [0.4, 0.5) is 0 Å². The lowest BCUT2D eigenvalue weighted by atomic mass is 10.1. The molecule has 1 atom stereocenters. The van der Waals surface area contributed by atoms with Crippen molar-refractivity contribution < 1.29 is 28.7 Å². The molecular weight excluding hydrogens is 556 g/mol. The van der Waals surface area contributed by atoms with E-state index in [9.17, 15) is 24.0 Å². The molecule has 2 aromatic carbocycles. The number of nitrogens with zero attached hydrogens (tertiary/aromatic N) is 1. The predicted octanol–water partition coefficient (Wildman–Crippen LogP) is 3.94. The van der Waals surface area contributed by atoms with Gasteiger partial charge in [-0.1, -0.05) is 70.1 Å². The van der Waals surface area contributed by atoms with E-state index in [0.29, 0.717) is 4.90 Å². The molecule has 1 aliphatic heterocycles. The van der Waals surface area contributed by atoms with Gasteiger partial charge in [0.2, 0.25) is 0 Å². The number of amides is 4. The zero-order valence-corrected chi connectivity index (χ0v) is 20.7. The van der Waals surface area contributed by atoms with Crippen molar-refractivity contribution in [2.75, 3.05) is 6.61 Å². The third-order valence-corrected chi connectivity index (χ3v) is 6.77. The third kappa shape index (κ3) is 4.80. The number of rotatable bonds is 5. The topological polar surface area (TPSA) is 122 Å². The lowest BCUT2D eigenvalue weighted by molar-refractivity contribution is -0.152. The number of nitrogens with one attached hydrogen (secondary N) is 2. The normalized spacial score (nSPS) is 13.4. The van der Waals surface area contributed by atoms with E-state index in [4.69, 9.17) is 62.7 Å². The molecular formula is C20H12Cl5N3O6. The smallest absolute Gasteiger partial charge is 0.329 e. The number of ether oxygens (including phenoxy) is 1. The van der Waals surface area contributed by atoms with Crippen LogP contribution in [0.1, 0.15) is 38.0 Å². The molecule has 2 aromatic rings. The molecule has 0 unspecified atom stereocenters. The molecule has 0 spiro atoms. The summed E-state index contributed by atoms with van der Waals surface area (Å²) in [5.74, 6) is -4.56. The highest BCUT2D eigenvalue weighted by Crippen LogP contribution is 2.45. The average molecular weight is 568 g/mol. The zero-order valence-electron chi connectivity index (χ0n) is 16.9. The van der Waals surface area contributed by atoms with Gasteiger partial charge in [0.1, 0.15) is 6.04 Å². The van der Waals surface area contributed by atoms with Gasteiger partial charge in [0.05, 0.1) is 41.8 Å². The second-order valence-electron chi connectivity index (χ2n) is 6.75. The van der Waals surface area contributed by atoms with Crippen molar-refractivity contribution in [2.24, 2.45) is 0 Å². The number of esters is 1. The molecule has 0 radical (unpaired) electrons. The molecule has 178 valence electrons. The maximum Gasteiger partial charge on any atom is 0.329 e. The van der Waals surface area contributed by atoms with E-state index in [-0.39, 0.29) is 41.8 Å². The molecule has 0 aliphatic carbocycles. The summed E-state index contributed by atoms with van der Waals surface area (Å²) in [6, 6.07) is 4.67. The van der Waals surface area contributed by atoms with Crippen LogP contribution in [0.3, 0.4) is 0 Å². The fraction of sp³-hybridized carbons (Fsp3) is 0.150. The van der Waals surface area contributed by atoms with E-state index in [2.05, 4.69) is 5.43 Å². The Morgan fingerprint density at radius 3 is 1.94 bits per heavy atom. The second kappa shape index (κ2) is 10.4. The highest BCUT2D eigenvalue weighted by Gasteiger charge is 2.45. The van der Waals surface area contributed by atoms with Crippen LogP contribution >= 0.6 is 58.0 Å². The number of fused-ring (bicyclic) bond motifs is 1. The minimum Gasteiger partial charge on any atom is -0.454 e. The van der Waals surface area contributed by atoms with Crippen LogP contribution in [0.5, 0.6) is 0 Å². The highest BCUT2D eigenvalue weighted by atomic mass is 35.5. The molecule has 2 N–H and O–H groups in total. The Kier molecular flexibility index (Phi) is 7.95. The molecule has 9 nitrogen and oxygen atoms in total. The van der Waals surface area contributed by atoms with Crippen molar-refractivity contribution in [3.05, 3.63) is 66.1 Å². The molecule has 0 saturated carbocycles. The van der Waals surface area contributed by atoms with Gasteiger partial charge in [0.15, 0.2) is 6.61 Å². The molecule has 3 rings (SSSR count). The minimum absolute atomic E-state index is 0.109. The zero-order chi connectivity index (χ0) is 25.3. The summed E-state index contributed by atoms with van der Waals surface area (Å²) in [6.45, 7) is 0.375.